The molecule has 2 aromatic rings. The van der Waals surface area contributed by atoms with Crippen LogP contribution in [0.15, 0.2) is 42.7 Å². The zero-order chi connectivity index (χ0) is 13.7. The van der Waals surface area contributed by atoms with Crippen molar-refractivity contribution in [2.24, 2.45) is 0 Å². The van der Waals surface area contributed by atoms with Gasteiger partial charge in [0.15, 0.2) is 0 Å². The summed E-state index contributed by atoms with van der Waals surface area (Å²) >= 11 is 0. The fraction of sp³-hybridized carbons (Fsp3) is 0.0769. The fourth-order valence-electron chi connectivity index (χ4n) is 1.60. The van der Waals surface area contributed by atoms with Gasteiger partial charge in [0.1, 0.15) is 5.69 Å². The van der Waals surface area contributed by atoms with Gasteiger partial charge in [-0.2, -0.15) is 5.26 Å². The molecule has 0 fully saturated rings. The highest BCUT2D eigenvalue weighted by Crippen LogP contribution is 2.25. The summed E-state index contributed by atoms with van der Waals surface area (Å²) in [6, 6.07) is 9.88. The van der Waals surface area contributed by atoms with Gasteiger partial charge in [-0.05, 0) is 23.8 Å². The molecule has 0 radical (unpaired) electrons. The second-order valence-corrected chi connectivity index (χ2v) is 3.82. The number of hydrogen-bond donors (Lipinski definition) is 1. The summed E-state index contributed by atoms with van der Waals surface area (Å²) in [6.07, 6.45) is 3.34. The number of nitriles is 1. The lowest BCUT2D eigenvalue weighted by molar-refractivity contribution is -0.384. The summed E-state index contributed by atoms with van der Waals surface area (Å²) < 4.78 is 0. The van der Waals surface area contributed by atoms with E-state index in [1.807, 2.05) is 12.1 Å². The summed E-state index contributed by atoms with van der Waals surface area (Å²) in [6.45, 7) is 0.431. The lowest BCUT2D eigenvalue weighted by Crippen LogP contribution is -2.03. The van der Waals surface area contributed by atoms with Crippen LogP contribution in [0.1, 0.15) is 11.1 Å². The molecule has 0 saturated heterocycles. The molecule has 0 aliphatic rings. The van der Waals surface area contributed by atoms with Gasteiger partial charge in [0.2, 0.25) is 0 Å². The number of hydrogen-bond acceptors (Lipinski definition) is 5. The lowest BCUT2D eigenvalue weighted by atomic mass is 10.2. The number of nitro benzene ring substituents is 1. The highest BCUT2D eigenvalue weighted by Gasteiger charge is 2.14. The molecular weight excluding hydrogens is 244 g/mol. The Bertz CT molecular complexity index is 635. The Balaban J connectivity index is 2.21. The average molecular weight is 254 g/mol. The van der Waals surface area contributed by atoms with Crippen LogP contribution in [0.3, 0.4) is 0 Å². The predicted molar refractivity (Wildman–Crippen MR) is 69.4 cm³/mol. The SMILES string of the molecule is N#Cc1ccc(NCc2cccnc2)c([N+](=O)[O-])c1. The van der Waals surface area contributed by atoms with Crippen LogP contribution >= 0.6 is 0 Å². The monoisotopic (exact) mass is 254 g/mol. The first-order chi connectivity index (χ1) is 9.20. The van der Waals surface area contributed by atoms with Gasteiger partial charge < -0.3 is 5.32 Å². The zero-order valence-electron chi connectivity index (χ0n) is 9.91. The van der Waals surface area contributed by atoms with Crippen LogP contribution in [0.5, 0.6) is 0 Å². The number of nitro groups is 1. The van der Waals surface area contributed by atoms with E-state index in [9.17, 15) is 10.1 Å². The number of nitrogens with zero attached hydrogens (tertiary/aromatic N) is 3. The van der Waals surface area contributed by atoms with Crippen molar-refractivity contribution in [2.75, 3.05) is 5.32 Å². The van der Waals surface area contributed by atoms with E-state index in [1.165, 1.54) is 12.1 Å². The second-order valence-electron chi connectivity index (χ2n) is 3.82. The average Bonchev–Trinajstić information content (AvgIpc) is 2.46. The molecule has 94 valence electrons. The molecule has 19 heavy (non-hydrogen) atoms. The standard InChI is InChI=1S/C13H10N4O2/c14-7-10-3-4-12(13(6-10)17(18)19)16-9-11-2-1-5-15-8-11/h1-6,8,16H,9H2. The first-order valence-electron chi connectivity index (χ1n) is 5.52. The molecule has 0 amide bonds. The molecule has 1 N–H and O–H groups in total. The van der Waals surface area contributed by atoms with Gasteiger partial charge >= 0.3 is 0 Å². The van der Waals surface area contributed by atoms with Gasteiger partial charge in [-0.25, -0.2) is 0 Å². The van der Waals surface area contributed by atoms with Crippen molar-refractivity contribution < 1.29 is 4.92 Å². The van der Waals surface area contributed by atoms with E-state index < -0.39 is 4.92 Å². The van der Waals surface area contributed by atoms with E-state index in [0.29, 0.717) is 12.2 Å². The molecule has 0 atom stereocenters. The minimum Gasteiger partial charge on any atom is -0.375 e. The molecule has 6 nitrogen and oxygen atoms in total. The van der Waals surface area contributed by atoms with Crippen molar-refractivity contribution in [3.63, 3.8) is 0 Å². The zero-order valence-corrected chi connectivity index (χ0v) is 9.91. The maximum absolute atomic E-state index is 10.9. The van der Waals surface area contributed by atoms with E-state index in [1.54, 1.807) is 24.5 Å². The van der Waals surface area contributed by atoms with Gasteiger partial charge in [0.05, 0.1) is 16.6 Å². The fourth-order valence-corrected chi connectivity index (χ4v) is 1.60. The van der Waals surface area contributed by atoms with Crippen LogP contribution < -0.4 is 5.32 Å². The summed E-state index contributed by atoms with van der Waals surface area (Å²) in [4.78, 5) is 14.4. The number of nitrogens with one attached hydrogen (secondary N) is 1. The second kappa shape index (κ2) is 5.60. The van der Waals surface area contributed by atoms with Crippen molar-refractivity contribution in [2.45, 2.75) is 6.54 Å². The largest absolute Gasteiger partial charge is 0.375 e. The molecule has 0 bridgehead atoms. The van der Waals surface area contributed by atoms with Crippen LogP contribution in [-0.2, 0) is 6.54 Å². The molecule has 0 saturated carbocycles. The quantitative estimate of drug-likeness (QED) is 0.668. The third-order valence-electron chi connectivity index (χ3n) is 2.53. The molecule has 0 spiro atoms. The molecule has 2 rings (SSSR count). The Morgan fingerprint density at radius 3 is 2.89 bits per heavy atom. The molecule has 1 aromatic carbocycles. The highest BCUT2D eigenvalue weighted by molar-refractivity contribution is 5.64. The van der Waals surface area contributed by atoms with Gasteiger partial charge in [0.25, 0.3) is 5.69 Å². The van der Waals surface area contributed by atoms with Gasteiger partial charge in [-0.15, -0.1) is 0 Å². The maximum atomic E-state index is 10.9. The molecule has 0 aliphatic carbocycles. The van der Waals surface area contributed by atoms with E-state index in [2.05, 4.69) is 10.3 Å². The van der Waals surface area contributed by atoms with E-state index in [-0.39, 0.29) is 11.3 Å². The first kappa shape index (κ1) is 12.5. The van der Waals surface area contributed by atoms with Crippen LogP contribution in [0.25, 0.3) is 0 Å². The Morgan fingerprint density at radius 2 is 2.26 bits per heavy atom. The number of anilines is 1. The van der Waals surface area contributed by atoms with Crippen molar-refractivity contribution in [1.29, 1.82) is 5.26 Å². The highest BCUT2D eigenvalue weighted by atomic mass is 16.6. The van der Waals surface area contributed by atoms with Gasteiger partial charge in [0, 0.05) is 25.0 Å². The third-order valence-corrected chi connectivity index (χ3v) is 2.53. The van der Waals surface area contributed by atoms with Gasteiger partial charge in [-0.3, -0.25) is 15.1 Å². The Hall–Kier alpha value is -2.94. The minimum atomic E-state index is -0.508. The Labute approximate surface area is 109 Å². The number of benzene rings is 1. The van der Waals surface area contributed by atoms with E-state index in [4.69, 9.17) is 5.26 Å². The van der Waals surface area contributed by atoms with Crippen molar-refractivity contribution in [3.05, 3.63) is 64.0 Å². The summed E-state index contributed by atoms with van der Waals surface area (Å²) in [5.74, 6) is 0. The number of aromatic nitrogens is 1. The Morgan fingerprint density at radius 1 is 1.42 bits per heavy atom. The molecule has 0 aliphatic heterocycles. The number of rotatable bonds is 4. The molecule has 1 aromatic heterocycles. The Kier molecular flexibility index (Phi) is 3.69. The maximum Gasteiger partial charge on any atom is 0.293 e. The van der Waals surface area contributed by atoms with Crippen molar-refractivity contribution in [1.82, 2.24) is 4.98 Å². The van der Waals surface area contributed by atoms with Gasteiger partial charge in [-0.1, -0.05) is 6.07 Å². The van der Waals surface area contributed by atoms with E-state index in [0.717, 1.165) is 5.56 Å². The normalized spacial score (nSPS) is 9.63. The van der Waals surface area contributed by atoms with Crippen LogP contribution in [-0.4, -0.2) is 9.91 Å². The first-order valence-corrected chi connectivity index (χ1v) is 5.52. The molecule has 6 heteroatoms. The topological polar surface area (TPSA) is 91.8 Å². The lowest BCUT2D eigenvalue weighted by Gasteiger charge is -2.07. The van der Waals surface area contributed by atoms with Crippen LogP contribution in [0.2, 0.25) is 0 Å². The predicted octanol–water partition coefficient (Wildman–Crippen LogP) is 2.47. The molecular formula is C13H10N4O2. The smallest absolute Gasteiger partial charge is 0.293 e. The molecule has 0 unspecified atom stereocenters. The summed E-state index contributed by atoms with van der Waals surface area (Å²) in [5, 5.41) is 22.7. The number of pyridine rings is 1. The van der Waals surface area contributed by atoms with Crippen molar-refractivity contribution >= 4 is 11.4 Å². The molecule has 1 heterocycles. The van der Waals surface area contributed by atoms with Crippen LogP contribution in [0, 0.1) is 21.4 Å². The summed E-state index contributed by atoms with van der Waals surface area (Å²) in [7, 11) is 0. The van der Waals surface area contributed by atoms with E-state index >= 15 is 0 Å². The third kappa shape index (κ3) is 3.04. The van der Waals surface area contributed by atoms with Crippen molar-refractivity contribution in [3.8, 4) is 6.07 Å². The van der Waals surface area contributed by atoms with Crippen LogP contribution in [0.4, 0.5) is 11.4 Å². The summed E-state index contributed by atoms with van der Waals surface area (Å²) in [5.41, 5.74) is 1.45. The minimum absolute atomic E-state index is 0.108.